The Kier molecular flexibility index (Phi) is 2.85. The van der Waals surface area contributed by atoms with Gasteiger partial charge in [-0.2, -0.15) is 0 Å². The molecular weight excluding hydrogens is 296 g/mol. The Balaban J connectivity index is 2.41. The summed E-state index contributed by atoms with van der Waals surface area (Å²) in [7, 11) is 0. The van der Waals surface area contributed by atoms with Gasteiger partial charge >= 0.3 is 0 Å². The molecule has 0 aromatic carbocycles. The van der Waals surface area contributed by atoms with Crippen LogP contribution in [0.1, 0.15) is 56.3 Å². The van der Waals surface area contributed by atoms with E-state index in [0.717, 1.165) is 15.3 Å². The Morgan fingerprint density at radius 2 is 1.95 bits per heavy atom. The van der Waals surface area contributed by atoms with E-state index in [-0.39, 0.29) is 10.9 Å². The third-order valence-electron chi connectivity index (χ3n) is 3.62. The molecule has 3 heterocycles. The van der Waals surface area contributed by atoms with Crippen LogP contribution in [0.4, 0.5) is 0 Å². The second kappa shape index (κ2) is 4.06. The van der Waals surface area contributed by atoms with E-state index in [9.17, 15) is 4.79 Å². The Labute approximate surface area is 126 Å². The fourth-order valence-corrected chi connectivity index (χ4v) is 4.42. The first-order valence-electron chi connectivity index (χ1n) is 6.55. The number of nitrogens with one attached hydrogen (secondary N) is 1. The SMILES string of the molecule is CC(Cl)c1nc2sc3c(c2c(=O)[nH]1)C(C)(C)OC3(C)C. The number of aromatic amines is 1. The fourth-order valence-electron chi connectivity index (χ4n) is 2.95. The van der Waals surface area contributed by atoms with Crippen LogP contribution in [0.3, 0.4) is 0 Å². The third kappa shape index (κ3) is 1.84. The maximum Gasteiger partial charge on any atom is 0.260 e. The second-order valence-corrected chi connectivity index (χ2v) is 7.83. The summed E-state index contributed by atoms with van der Waals surface area (Å²) in [6.07, 6.45) is 0. The molecule has 108 valence electrons. The van der Waals surface area contributed by atoms with Crippen molar-refractivity contribution in [3.63, 3.8) is 0 Å². The number of rotatable bonds is 1. The summed E-state index contributed by atoms with van der Waals surface area (Å²) in [5, 5.41) is 0.322. The molecule has 0 aliphatic carbocycles. The molecule has 6 heteroatoms. The number of H-pyrrole nitrogens is 1. The molecule has 4 nitrogen and oxygen atoms in total. The van der Waals surface area contributed by atoms with Gasteiger partial charge in [0.1, 0.15) is 10.7 Å². The van der Waals surface area contributed by atoms with Crippen molar-refractivity contribution in [3.05, 3.63) is 26.6 Å². The third-order valence-corrected chi connectivity index (χ3v) is 5.21. The molecule has 1 N–H and O–H groups in total. The van der Waals surface area contributed by atoms with Crippen LogP contribution in [0.25, 0.3) is 10.2 Å². The minimum atomic E-state index is -0.486. The Morgan fingerprint density at radius 3 is 2.55 bits per heavy atom. The van der Waals surface area contributed by atoms with Crippen molar-refractivity contribution in [2.75, 3.05) is 0 Å². The van der Waals surface area contributed by atoms with E-state index >= 15 is 0 Å². The van der Waals surface area contributed by atoms with Gasteiger partial charge in [0.2, 0.25) is 0 Å². The van der Waals surface area contributed by atoms with Crippen molar-refractivity contribution in [1.29, 1.82) is 0 Å². The quantitative estimate of drug-likeness (QED) is 0.815. The van der Waals surface area contributed by atoms with Crippen molar-refractivity contribution < 1.29 is 4.74 Å². The normalized spacial score (nSPS) is 21.1. The molecule has 20 heavy (non-hydrogen) atoms. The lowest BCUT2D eigenvalue weighted by Gasteiger charge is -2.25. The zero-order chi connectivity index (χ0) is 14.9. The number of aromatic nitrogens is 2. The first-order valence-corrected chi connectivity index (χ1v) is 7.81. The van der Waals surface area contributed by atoms with Crippen molar-refractivity contribution in [3.8, 4) is 0 Å². The molecule has 0 saturated carbocycles. The van der Waals surface area contributed by atoms with Crippen molar-refractivity contribution in [2.24, 2.45) is 0 Å². The number of nitrogens with zero attached hydrogens (tertiary/aromatic N) is 1. The molecule has 1 aliphatic heterocycles. The largest absolute Gasteiger partial charge is 0.359 e. The first kappa shape index (κ1) is 14.0. The number of thiophene rings is 1. The Morgan fingerprint density at radius 1 is 1.30 bits per heavy atom. The highest BCUT2D eigenvalue weighted by atomic mass is 35.5. The summed E-state index contributed by atoms with van der Waals surface area (Å²) < 4.78 is 6.09. The van der Waals surface area contributed by atoms with Crippen LogP contribution in [0.5, 0.6) is 0 Å². The Hall–Kier alpha value is -0.910. The van der Waals surface area contributed by atoms with Gasteiger partial charge < -0.3 is 9.72 Å². The van der Waals surface area contributed by atoms with E-state index in [1.54, 1.807) is 6.92 Å². The molecular formula is C14H17ClN2O2S. The minimum Gasteiger partial charge on any atom is -0.359 e. The zero-order valence-electron chi connectivity index (χ0n) is 12.1. The van der Waals surface area contributed by atoms with Gasteiger partial charge in [-0.3, -0.25) is 4.79 Å². The molecule has 0 spiro atoms. The van der Waals surface area contributed by atoms with Gasteiger partial charge in [-0.15, -0.1) is 22.9 Å². The monoisotopic (exact) mass is 312 g/mol. The van der Waals surface area contributed by atoms with E-state index in [1.165, 1.54) is 11.3 Å². The topological polar surface area (TPSA) is 55.0 Å². The average molecular weight is 313 g/mol. The van der Waals surface area contributed by atoms with Crippen LogP contribution in [0.2, 0.25) is 0 Å². The predicted molar refractivity (Wildman–Crippen MR) is 81.6 cm³/mol. The van der Waals surface area contributed by atoms with Crippen LogP contribution in [-0.4, -0.2) is 9.97 Å². The summed E-state index contributed by atoms with van der Waals surface area (Å²) in [5.41, 5.74) is -0.0575. The van der Waals surface area contributed by atoms with Crippen molar-refractivity contribution in [2.45, 2.75) is 51.2 Å². The summed E-state index contributed by atoms with van der Waals surface area (Å²) in [5.74, 6) is 0.514. The minimum absolute atomic E-state index is 0.135. The molecule has 0 bridgehead atoms. The molecule has 1 aliphatic rings. The fraction of sp³-hybridized carbons (Fsp3) is 0.571. The van der Waals surface area contributed by atoms with E-state index < -0.39 is 11.2 Å². The number of halogens is 1. The number of alkyl halides is 1. The molecule has 0 saturated heterocycles. The van der Waals surface area contributed by atoms with Gasteiger partial charge in [-0.25, -0.2) is 4.98 Å². The van der Waals surface area contributed by atoms with Crippen molar-refractivity contribution >= 4 is 33.2 Å². The smallest absolute Gasteiger partial charge is 0.260 e. The summed E-state index contributed by atoms with van der Waals surface area (Å²) in [6, 6.07) is 0. The molecule has 0 amide bonds. The van der Waals surface area contributed by atoms with Gasteiger partial charge in [0.05, 0.1) is 22.0 Å². The lowest BCUT2D eigenvalue weighted by atomic mass is 9.96. The van der Waals surface area contributed by atoms with Gasteiger partial charge in [0.15, 0.2) is 0 Å². The highest BCUT2D eigenvalue weighted by molar-refractivity contribution is 7.19. The molecule has 0 fully saturated rings. The van der Waals surface area contributed by atoms with E-state index in [2.05, 4.69) is 9.97 Å². The molecule has 2 aromatic rings. The highest BCUT2D eigenvalue weighted by Crippen LogP contribution is 2.52. The number of ether oxygens (including phenoxy) is 1. The zero-order valence-corrected chi connectivity index (χ0v) is 13.7. The van der Waals surface area contributed by atoms with E-state index in [0.29, 0.717) is 11.2 Å². The lowest BCUT2D eigenvalue weighted by molar-refractivity contribution is -0.103. The van der Waals surface area contributed by atoms with Crippen LogP contribution in [0.15, 0.2) is 4.79 Å². The van der Waals surface area contributed by atoms with Crippen LogP contribution in [0, 0.1) is 0 Å². The van der Waals surface area contributed by atoms with Crippen LogP contribution < -0.4 is 5.56 Å². The standard InChI is InChI=1S/C14H17ClN2O2S/c1-6(15)10-16-11(18)7-8-9(20-12(7)17-10)14(4,5)19-13(8,2)3/h6H,1-5H3,(H,16,17,18). The van der Waals surface area contributed by atoms with Gasteiger partial charge in [-0.05, 0) is 34.6 Å². The molecule has 3 rings (SSSR count). The summed E-state index contributed by atoms with van der Waals surface area (Å²) >= 11 is 7.56. The van der Waals surface area contributed by atoms with Gasteiger partial charge in [-0.1, -0.05) is 0 Å². The molecule has 2 aromatic heterocycles. The molecule has 1 unspecified atom stereocenters. The van der Waals surface area contributed by atoms with Gasteiger partial charge in [0.25, 0.3) is 5.56 Å². The van der Waals surface area contributed by atoms with E-state index in [1.807, 2.05) is 27.7 Å². The van der Waals surface area contributed by atoms with Crippen LogP contribution >= 0.6 is 22.9 Å². The van der Waals surface area contributed by atoms with Crippen LogP contribution in [-0.2, 0) is 15.9 Å². The number of hydrogen-bond donors (Lipinski definition) is 1. The molecule has 0 radical (unpaired) electrons. The summed E-state index contributed by atoms with van der Waals surface area (Å²) in [4.78, 5) is 21.5. The lowest BCUT2D eigenvalue weighted by Crippen LogP contribution is -2.24. The van der Waals surface area contributed by atoms with Gasteiger partial charge in [0, 0.05) is 10.4 Å². The number of fused-ring (bicyclic) bond motifs is 3. The van der Waals surface area contributed by atoms with E-state index in [4.69, 9.17) is 16.3 Å². The first-order chi connectivity index (χ1) is 9.13. The average Bonchev–Trinajstić information content (AvgIpc) is 2.75. The predicted octanol–water partition coefficient (Wildman–Crippen LogP) is 3.78. The summed E-state index contributed by atoms with van der Waals surface area (Å²) in [6.45, 7) is 9.82. The number of hydrogen-bond acceptors (Lipinski definition) is 4. The second-order valence-electron chi connectivity index (χ2n) is 6.18. The highest BCUT2D eigenvalue weighted by Gasteiger charge is 2.46. The maximum atomic E-state index is 12.4. The maximum absolute atomic E-state index is 12.4. The Bertz CT molecular complexity index is 758. The molecule has 1 atom stereocenters. The van der Waals surface area contributed by atoms with Crippen molar-refractivity contribution in [1.82, 2.24) is 9.97 Å².